The van der Waals surface area contributed by atoms with Gasteiger partial charge in [-0.2, -0.15) is 0 Å². The quantitative estimate of drug-likeness (QED) is 0.752. The van der Waals surface area contributed by atoms with E-state index in [-0.39, 0.29) is 12.1 Å². The molecule has 0 aliphatic rings. The Balaban J connectivity index is 2.90. The summed E-state index contributed by atoms with van der Waals surface area (Å²) in [6.07, 6.45) is 2.97. The summed E-state index contributed by atoms with van der Waals surface area (Å²) in [5, 5.41) is 11.5. The Hall–Kier alpha value is -0.940. The zero-order valence-corrected chi connectivity index (χ0v) is 11.3. The molecule has 0 saturated carbocycles. The number of nitrogens with zero attached hydrogens (tertiary/aromatic N) is 3. The van der Waals surface area contributed by atoms with E-state index in [4.69, 9.17) is 4.74 Å². The van der Waals surface area contributed by atoms with E-state index in [0.29, 0.717) is 0 Å². The first-order chi connectivity index (χ1) is 8.28. The highest BCUT2D eigenvalue weighted by Gasteiger charge is 2.24. The van der Waals surface area contributed by atoms with Crippen LogP contribution in [0, 0.1) is 0 Å². The number of likely N-dealkylation sites (N-methyl/N-ethyl adjacent to an activating group) is 1. The molecule has 1 rings (SSSR count). The third kappa shape index (κ3) is 3.51. The molecule has 2 unspecified atom stereocenters. The van der Waals surface area contributed by atoms with Crippen LogP contribution in [0.3, 0.4) is 0 Å². The van der Waals surface area contributed by atoms with Crippen molar-refractivity contribution in [2.24, 2.45) is 0 Å². The van der Waals surface area contributed by atoms with Crippen molar-refractivity contribution in [2.45, 2.75) is 52.8 Å². The van der Waals surface area contributed by atoms with Gasteiger partial charge in [-0.05, 0) is 26.8 Å². The van der Waals surface area contributed by atoms with Crippen LogP contribution in [0.4, 0.5) is 0 Å². The van der Waals surface area contributed by atoms with Crippen molar-refractivity contribution in [2.75, 3.05) is 13.2 Å². The Kier molecular flexibility index (Phi) is 6.15. The molecular formula is C12H24N4O. The van der Waals surface area contributed by atoms with Crippen LogP contribution < -0.4 is 5.32 Å². The van der Waals surface area contributed by atoms with Crippen molar-refractivity contribution in [3.8, 4) is 0 Å². The summed E-state index contributed by atoms with van der Waals surface area (Å²) in [5.74, 6) is 0. The molecule has 1 N–H and O–H groups in total. The zero-order valence-electron chi connectivity index (χ0n) is 11.3. The second-order valence-corrected chi connectivity index (χ2v) is 3.91. The number of hydrogen-bond acceptors (Lipinski definition) is 4. The Labute approximate surface area is 104 Å². The van der Waals surface area contributed by atoms with Gasteiger partial charge >= 0.3 is 0 Å². The number of nitrogens with one attached hydrogen (secondary N) is 1. The van der Waals surface area contributed by atoms with Gasteiger partial charge in [0.1, 0.15) is 0 Å². The van der Waals surface area contributed by atoms with Crippen LogP contribution in [0.1, 0.15) is 45.9 Å². The van der Waals surface area contributed by atoms with Gasteiger partial charge in [-0.15, -0.1) is 5.10 Å². The monoisotopic (exact) mass is 240 g/mol. The van der Waals surface area contributed by atoms with Gasteiger partial charge in [0.25, 0.3) is 0 Å². The van der Waals surface area contributed by atoms with Gasteiger partial charge in [0.2, 0.25) is 0 Å². The van der Waals surface area contributed by atoms with Gasteiger partial charge in [-0.25, -0.2) is 4.68 Å². The minimum atomic E-state index is 0.167. The lowest BCUT2D eigenvalue weighted by atomic mass is 10.1. The van der Waals surface area contributed by atoms with Crippen LogP contribution in [-0.2, 0) is 11.3 Å². The van der Waals surface area contributed by atoms with Gasteiger partial charge in [0.15, 0.2) is 0 Å². The van der Waals surface area contributed by atoms with Gasteiger partial charge in [0.05, 0.1) is 24.0 Å². The minimum Gasteiger partial charge on any atom is -0.376 e. The fourth-order valence-corrected chi connectivity index (χ4v) is 2.06. The Morgan fingerprint density at radius 2 is 2.12 bits per heavy atom. The molecule has 0 fully saturated rings. The summed E-state index contributed by atoms with van der Waals surface area (Å²) in [6, 6.07) is 0.167. The average molecular weight is 240 g/mol. The summed E-state index contributed by atoms with van der Waals surface area (Å²) in [5.41, 5.74) is 1.11. The molecule has 0 aromatic carbocycles. The molecule has 2 atom stereocenters. The summed E-state index contributed by atoms with van der Waals surface area (Å²) < 4.78 is 7.72. The molecule has 1 heterocycles. The van der Waals surface area contributed by atoms with Crippen molar-refractivity contribution >= 4 is 0 Å². The van der Waals surface area contributed by atoms with E-state index in [1.54, 1.807) is 0 Å². The van der Waals surface area contributed by atoms with Crippen molar-refractivity contribution in [1.82, 2.24) is 20.3 Å². The summed E-state index contributed by atoms with van der Waals surface area (Å²) in [4.78, 5) is 0. The highest BCUT2D eigenvalue weighted by atomic mass is 16.5. The topological polar surface area (TPSA) is 52.0 Å². The van der Waals surface area contributed by atoms with Crippen molar-refractivity contribution < 1.29 is 4.74 Å². The molecule has 0 spiro atoms. The van der Waals surface area contributed by atoms with E-state index in [9.17, 15) is 0 Å². The lowest BCUT2D eigenvalue weighted by Gasteiger charge is -2.26. The van der Waals surface area contributed by atoms with E-state index < -0.39 is 0 Å². The molecule has 0 saturated heterocycles. The lowest BCUT2D eigenvalue weighted by molar-refractivity contribution is 0.0296. The van der Waals surface area contributed by atoms with Crippen molar-refractivity contribution in [1.29, 1.82) is 0 Å². The lowest BCUT2D eigenvalue weighted by Crippen LogP contribution is -2.35. The number of ether oxygens (including phenoxy) is 1. The second kappa shape index (κ2) is 7.40. The van der Waals surface area contributed by atoms with Crippen LogP contribution in [0.15, 0.2) is 6.20 Å². The molecule has 5 heteroatoms. The van der Waals surface area contributed by atoms with Gasteiger partial charge in [0, 0.05) is 13.2 Å². The van der Waals surface area contributed by atoms with Crippen LogP contribution in [0.2, 0.25) is 0 Å². The number of aryl methyl sites for hydroxylation is 1. The van der Waals surface area contributed by atoms with E-state index in [1.807, 2.05) is 17.8 Å². The first-order valence-electron chi connectivity index (χ1n) is 6.51. The molecule has 0 radical (unpaired) electrons. The Morgan fingerprint density at radius 1 is 1.35 bits per heavy atom. The molecule has 0 amide bonds. The Morgan fingerprint density at radius 3 is 2.65 bits per heavy atom. The third-order valence-corrected chi connectivity index (χ3v) is 2.84. The molecule has 5 nitrogen and oxygen atoms in total. The van der Waals surface area contributed by atoms with E-state index in [0.717, 1.165) is 31.8 Å². The molecule has 1 aromatic rings. The van der Waals surface area contributed by atoms with Crippen LogP contribution >= 0.6 is 0 Å². The highest BCUT2D eigenvalue weighted by Crippen LogP contribution is 2.20. The SMILES string of the molecule is CCNC(c1cnnn1CC)C(CC)OCC. The van der Waals surface area contributed by atoms with Crippen molar-refractivity contribution in [3.05, 3.63) is 11.9 Å². The van der Waals surface area contributed by atoms with Gasteiger partial charge < -0.3 is 10.1 Å². The van der Waals surface area contributed by atoms with E-state index in [1.165, 1.54) is 0 Å². The maximum Gasteiger partial charge on any atom is 0.0782 e. The molecule has 17 heavy (non-hydrogen) atoms. The number of rotatable bonds is 8. The third-order valence-electron chi connectivity index (χ3n) is 2.84. The summed E-state index contributed by atoms with van der Waals surface area (Å²) >= 11 is 0. The first-order valence-corrected chi connectivity index (χ1v) is 6.51. The molecule has 0 bridgehead atoms. The standard InChI is InChI=1S/C12H24N4O/c1-5-11(17-8-4)12(13-6-2)10-9-14-15-16(10)7-3/h9,11-13H,5-8H2,1-4H3. The zero-order chi connectivity index (χ0) is 12.7. The van der Waals surface area contributed by atoms with Crippen LogP contribution in [0.25, 0.3) is 0 Å². The smallest absolute Gasteiger partial charge is 0.0782 e. The molecule has 1 aromatic heterocycles. The number of hydrogen-bond donors (Lipinski definition) is 1. The maximum atomic E-state index is 5.80. The fraction of sp³-hybridized carbons (Fsp3) is 0.833. The van der Waals surface area contributed by atoms with Crippen molar-refractivity contribution in [3.63, 3.8) is 0 Å². The van der Waals surface area contributed by atoms with Gasteiger partial charge in [-0.3, -0.25) is 0 Å². The normalized spacial score (nSPS) is 14.8. The van der Waals surface area contributed by atoms with Crippen LogP contribution in [-0.4, -0.2) is 34.2 Å². The van der Waals surface area contributed by atoms with Gasteiger partial charge in [-0.1, -0.05) is 19.1 Å². The maximum absolute atomic E-state index is 5.80. The average Bonchev–Trinajstić information content (AvgIpc) is 2.81. The summed E-state index contributed by atoms with van der Waals surface area (Å²) in [7, 11) is 0. The second-order valence-electron chi connectivity index (χ2n) is 3.91. The van der Waals surface area contributed by atoms with E-state index >= 15 is 0 Å². The predicted octanol–water partition coefficient (Wildman–Crippen LogP) is 1.76. The first kappa shape index (κ1) is 14.1. The molecule has 0 aliphatic carbocycles. The number of aromatic nitrogens is 3. The largest absolute Gasteiger partial charge is 0.376 e. The Bertz CT molecular complexity index is 313. The predicted molar refractivity (Wildman–Crippen MR) is 67.8 cm³/mol. The van der Waals surface area contributed by atoms with Crippen LogP contribution in [0.5, 0.6) is 0 Å². The minimum absolute atomic E-state index is 0.167. The van der Waals surface area contributed by atoms with E-state index in [2.05, 4.69) is 36.4 Å². The molecular weight excluding hydrogens is 216 g/mol. The molecule has 98 valence electrons. The summed E-state index contributed by atoms with van der Waals surface area (Å²) in [6.45, 7) is 10.8. The molecule has 0 aliphatic heterocycles. The highest BCUT2D eigenvalue weighted by molar-refractivity contribution is 5.05. The fourth-order valence-electron chi connectivity index (χ4n) is 2.06.